The van der Waals surface area contributed by atoms with Gasteiger partial charge < -0.3 is 9.64 Å². The van der Waals surface area contributed by atoms with Gasteiger partial charge in [-0.05, 0) is 25.6 Å². The number of ether oxygens (including phenoxy) is 1. The highest BCUT2D eigenvalue weighted by Gasteiger charge is 2.51. The molecular formula is C19H22ClNO. The maximum absolute atomic E-state index is 6.55. The summed E-state index contributed by atoms with van der Waals surface area (Å²) in [5, 5.41) is 0. The Hall–Kier alpha value is -1.51. The Balaban J connectivity index is 0.00000144. The number of rotatable bonds is 1. The predicted octanol–water partition coefficient (Wildman–Crippen LogP) is 4.12. The van der Waals surface area contributed by atoms with Crippen LogP contribution in [0.2, 0.25) is 0 Å². The molecule has 0 N–H and O–H groups in total. The Labute approximate surface area is 138 Å². The van der Waals surface area contributed by atoms with Crippen molar-refractivity contribution in [3.05, 3.63) is 65.2 Å². The van der Waals surface area contributed by atoms with Crippen LogP contribution in [0, 0.1) is 6.92 Å². The van der Waals surface area contributed by atoms with E-state index in [1.165, 1.54) is 16.7 Å². The summed E-state index contributed by atoms with van der Waals surface area (Å²) < 4.78 is 6.55. The molecule has 4 rings (SSSR count). The minimum atomic E-state index is -0.177. The number of nitrogens with zero attached hydrogens (tertiary/aromatic N) is 1. The second-order valence-corrected chi connectivity index (χ2v) is 6.46. The van der Waals surface area contributed by atoms with Gasteiger partial charge in [0.1, 0.15) is 11.4 Å². The van der Waals surface area contributed by atoms with Crippen LogP contribution >= 0.6 is 12.4 Å². The SMILES string of the molecule is Cc1ccc([C@]23CCN(C)C[C@H]2c2ccccc2O3)cc1.Cl. The molecule has 116 valence electrons. The van der Waals surface area contributed by atoms with E-state index in [-0.39, 0.29) is 18.0 Å². The monoisotopic (exact) mass is 315 g/mol. The molecule has 1 fully saturated rings. The van der Waals surface area contributed by atoms with Crippen LogP contribution in [0.3, 0.4) is 0 Å². The quantitative estimate of drug-likeness (QED) is 0.785. The van der Waals surface area contributed by atoms with Gasteiger partial charge in [-0.15, -0.1) is 12.4 Å². The topological polar surface area (TPSA) is 12.5 Å². The highest BCUT2D eigenvalue weighted by atomic mass is 35.5. The number of benzene rings is 2. The lowest BCUT2D eigenvalue weighted by Gasteiger charge is -2.42. The van der Waals surface area contributed by atoms with Crippen molar-refractivity contribution in [1.29, 1.82) is 0 Å². The third kappa shape index (κ3) is 2.22. The fraction of sp³-hybridized carbons (Fsp3) is 0.368. The normalized spacial score (nSPS) is 26.5. The minimum absolute atomic E-state index is 0. The summed E-state index contributed by atoms with van der Waals surface area (Å²) in [6, 6.07) is 17.4. The fourth-order valence-corrected chi connectivity index (χ4v) is 3.85. The third-order valence-electron chi connectivity index (χ3n) is 5.05. The van der Waals surface area contributed by atoms with E-state index in [4.69, 9.17) is 4.74 Å². The minimum Gasteiger partial charge on any atom is -0.482 e. The Morgan fingerprint density at radius 1 is 1.09 bits per heavy atom. The first-order chi connectivity index (χ1) is 10.2. The summed E-state index contributed by atoms with van der Waals surface area (Å²) >= 11 is 0. The Morgan fingerprint density at radius 2 is 1.82 bits per heavy atom. The molecule has 2 atom stereocenters. The summed E-state index contributed by atoms with van der Waals surface area (Å²) in [5.74, 6) is 1.49. The van der Waals surface area contributed by atoms with Gasteiger partial charge in [0.2, 0.25) is 0 Å². The fourth-order valence-electron chi connectivity index (χ4n) is 3.85. The molecule has 0 aliphatic carbocycles. The number of likely N-dealkylation sites (N-methyl/N-ethyl adjacent to an activating group) is 1. The molecule has 2 aliphatic heterocycles. The summed E-state index contributed by atoms with van der Waals surface area (Å²) in [4.78, 5) is 2.42. The van der Waals surface area contributed by atoms with Crippen molar-refractivity contribution in [3.63, 3.8) is 0 Å². The number of likely N-dealkylation sites (tertiary alicyclic amines) is 1. The Morgan fingerprint density at radius 3 is 2.59 bits per heavy atom. The summed E-state index contributed by atoms with van der Waals surface area (Å²) in [6.07, 6.45) is 1.05. The molecular weight excluding hydrogens is 294 g/mol. The van der Waals surface area contributed by atoms with E-state index in [0.717, 1.165) is 25.3 Å². The zero-order chi connectivity index (χ0) is 14.4. The third-order valence-corrected chi connectivity index (χ3v) is 5.05. The van der Waals surface area contributed by atoms with Crippen LogP contribution in [0.25, 0.3) is 0 Å². The van der Waals surface area contributed by atoms with Crippen molar-refractivity contribution >= 4 is 12.4 Å². The zero-order valence-electron chi connectivity index (χ0n) is 13.1. The van der Waals surface area contributed by atoms with Crippen molar-refractivity contribution < 1.29 is 4.74 Å². The molecule has 2 nitrogen and oxygen atoms in total. The average molecular weight is 316 g/mol. The first kappa shape index (κ1) is 15.4. The van der Waals surface area contributed by atoms with Crippen LogP contribution in [0.4, 0.5) is 0 Å². The lowest BCUT2D eigenvalue weighted by Crippen LogP contribution is -2.47. The molecule has 0 amide bonds. The lowest BCUT2D eigenvalue weighted by molar-refractivity contribution is 0.00702. The molecule has 0 unspecified atom stereocenters. The first-order valence-electron chi connectivity index (χ1n) is 7.73. The maximum Gasteiger partial charge on any atom is 0.143 e. The molecule has 0 aromatic heterocycles. The van der Waals surface area contributed by atoms with E-state index in [9.17, 15) is 0 Å². The van der Waals surface area contributed by atoms with Crippen molar-refractivity contribution in [2.75, 3.05) is 20.1 Å². The Bertz CT molecular complexity index is 669. The van der Waals surface area contributed by atoms with E-state index in [0.29, 0.717) is 5.92 Å². The van der Waals surface area contributed by atoms with Gasteiger partial charge >= 0.3 is 0 Å². The van der Waals surface area contributed by atoms with Gasteiger partial charge in [0, 0.05) is 31.0 Å². The van der Waals surface area contributed by atoms with Gasteiger partial charge in [-0.25, -0.2) is 0 Å². The van der Waals surface area contributed by atoms with Gasteiger partial charge in [-0.3, -0.25) is 0 Å². The first-order valence-corrected chi connectivity index (χ1v) is 7.73. The molecule has 1 saturated heterocycles. The summed E-state index contributed by atoms with van der Waals surface area (Å²) in [5.41, 5.74) is 3.81. The second-order valence-electron chi connectivity index (χ2n) is 6.46. The van der Waals surface area contributed by atoms with Crippen molar-refractivity contribution in [1.82, 2.24) is 4.90 Å². The van der Waals surface area contributed by atoms with Gasteiger partial charge in [-0.2, -0.15) is 0 Å². The largest absolute Gasteiger partial charge is 0.482 e. The van der Waals surface area contributed by atoms with Crippen LogP contribution in [-0.2, 0) is 5.60 Å². The smallest absolute Gasteiger partial charge is 0.143 e. The molecule has 0 saturated carbocycles. The summed E-state index contributed by atoms with van der Waals surface area (Å²) in [7, 11) is 2.21. The van der Waals surface area contributed by atoms with Crippen LogP contribution in [-0.4, -0.2) is 25.0 Å². The highest BCUT2D eigenvalue weighted by molar-refractivity contribution is 5.85. The van der Waals surface area contributed by atoms with E-state index >= 15 is 0 Å². The number of piperidine rings is 1. The maximum atomic E-state index is 6.55. The van der Waals surface area contributed by atoms with Gasteiger partial charge in [0.05, 0.1) is 0 Å². The number of hydrogen-bond donors (Lipinski definition) is 0. The van der Waals surface area contributed by atoms with E-state index in [1.54, 1.807) is 0 Å². The van der Waals surface area contributed by atoms with Crippen LogP contribution < -0.4 is 4.74 Å². The average Bonchev–Trinajstić information content (AvgIpc) is 2.83. The number of hydrogen-bond acceptors (Lipinski definition) is 2. The number of aryl methyl sites for hydroxylation is 1. The number of halogens is 1. The molecule has 0 radical (unpaired) electrons. The summed E-state index contributed by atoms with van der Waals surface area (Å²) in [6.45, 7) is 4.28. The van der Waals surface area contributed by atoms with Crippen LogP contribution in [0.1, 0.15) is 29.0 Å². The number of fused-ring (bicyclic) bond motifs is 3. The standard InChI is InChI=1S/C19H21NO.ClH/c1-14-7-9-15(10-8-14)19-11-12-20(2)13-17(19)16-5-3-4-6-18(16)21-19;/h3-10,17H,11-13H2,1-2H3;1H/t17-,19+;/m0./s1. The molecule has 2 aromatic rings. The lowest BCUT2D eigenvalue weighted by atomic mass is 9.74. The van der Waals surface area contributed by atoms with Crippen molar-refractivity contribution in [2.45, 2.75) is 24.9 Å². The van der Waals surface area contributed by atoms with Gasteiger partial charge in [0.15, 0.2) is 0 Å². The van der Waals surface area contributed by atoms with Crippen molar-refractivity contribution in [3.8, 4) is 5.75 Å². The molecule has 0 bridgehead atoms. The predicted molar refractivity (Wildman–Crippen MR) is 92.0 cm³/mol. The van der Waals surface area contributed by atoms with Crippen LogP contribution in [0.15, 0.2) is 48.5 Å². The Kier molecular flexibility index (Phi) is 3.92. The van der Waals surface area contributed by atoms with Gasteiger partial charge in [0.25, 0.3) is 0 Å². The van der Waals surface area contributed by atoms with E-state index in [2.05, 4.69) is 67.4 Å². The molecule has 2 aromatic carbocycles. The molecule has 2 heterocycles. The van der Waals surface area contributed by atoms with Crippen LogP contribution in [0.5, 0.6) is 5.75 Å². The molecule has 3 heteroatoms. The van der Waals surface area contributed by atoms with Gasteiger partial charge in [-0.1, -0.05) is 48.0 Å². The van der Waals surface area contributed by atoms with Crippen molar-refractivity contribution in [2.24, 2.45) is 0 Å². The molecule has 22 heavy (non-hydrogen) atoms. The van der Waals surface area contributed by atoms with E-state index in [1.807, 2.05) is 0 Å². The number of para-hydroxylation sites is 1. The molecule has 0 spiro atoms. The zero-order valence-corrected chi connectivity index (χ0v) is 13.9. The highest BCUT2D eigenvalue weighted by Crippen LogP contribution is 2.54. The second kappa shape index (κ2) is 5.60. The van der Waals surface area contributed by atoms with E-state index < -0.39 is 0 Å². The molecule has 2 aliphatic rings.